The number of carbonyl (C=O) groups is 4. The van der Waals surface area contributed by atoms with Crippen molar-refractivity contribution in [1.29, 1.82) is 0 Å². The molecule has 0 radical (unpaired) electrons. The van der Waals surface area contributed by atoms with E-state index in [1.807, 2.05) is 32.9 Å². The van der Waals surface area contributed by atoms with Crippen LogP contribution in [-0.2, 0) is 42.9 Å². The van der Waals surface area contributed by atoms with Crippen molar-refractivity contribution in [3.8, 4) is 0 Å². The van der Waals surface area contributed by atoms with Gasteiger partial charge in [-0.25, -0.2) is 4.79 Å². The number of ether oxygens (including phenoxy) is 5. The second kappa shape index (κ2) is 8.47. The van der Waals surface area contributed by atoms with Crippen LogP contribution in [0.15, 0.2) is 23.3 Å². The first-order valence-corrected chi connectivity index (χ1v) is 12.0. The summed E-state index contributed by atoms with van der Waals surface area (Å²) in [6, 6.07) is 0. The molecule has 0 aromatic heterocycles. The summed E-state index contributed by atoms with van der Waals surface area (Å²) in [5.41, 5.74) is -1.79. The van der Waals surface area contributed by atoms with Crippen LogP contribution < -0.4 is 0 Å². The Hall–Kier alpha value is -2.68. The highest BCUT2D eigenvalue weighted by molar-refractivity contribution is 5.89. The highest BCUT2D eigenvalue weighted by Gasteiger charge is 2.87. The molecular weight excluding hydrogens is 456 g/mol. The lowest BCUT2D eigenvalue weighted by atomic mass is 9.57. The first-order chi connectivity index (χ1) is 16.3. The smallest absolute Gasteiger partial charge is 0.342 e. The molecule has 2 heterocycles. The summed E-state index contributed by atoms with van der Waals surface area (Å²) < 4.78 is 29.6. The van der Waals surface area contributed by atoms with Crippen molar-refractivity contribution in [2.45, 2.75) is 103 Å². The molecule has 0 unspecified atom stereocenters. The number of esters is 4. The van der Waals surface area contributed by atoms with Gasteiger partial charge in [0.1, 0.15) is 18.3 Å². The van der Waals surface area contributed by atoms with Gasteiger partial charge in [-0.2, -0.15) is 0 Å². The molecule has 1 spiro atoms. The van der Waals surface area contributed by atoms with Gasteiger partial charge in [0.2, 0.25) is 0 Å². The van der Waals surface area contributed by atoms with E-state index in [1.165, 1.54) is 20.8 Å². The summed E-state index contributed by atoms with van der Waals surface area (Å²) in [6.45, 7) is 11.3. The minimum absolute atomic E-state index is 0.405. The van der Waals surface area contributed by atoms with Crippen LogP contribution in [0, 0.1) is 11.3 Å². The maximum absolute atomic E-state index is 12.9. The van der Waals surface area contributed by atoms with Gasteiger partial charge in [0.05, 0.1) is 5.41 Å². The monoisotopic (exact) mass is 490 g/mol. The highest BCUT2D eigenvalue weighted by Crippen LogP contribution is 2.65. The van der Waals surface area contributed by atoms with Crippen molar-refractivity contribution in [2.24, 2.45) is 11.3 Å². The lowest BCUT2D eigenvalue weighted by Gasteiger charge is -2.52. The molecule has 0 N–H and O–H groups in total. The fraction of sp³-hybridized carbons (Fsp3) is 0.692. The molecule has 2 aliphatic carbocycles. The van der Waals surface area contributed by atoms with Gasteiger partial charge in [0, 0.05) is 33.1 Å². The molecular formula is C26H34O9. The molecule has 4 aliphatic rings. The molecule has 192 valence electrons. The SMILES string of the molecule is CC(=O)O[C@H]1CC=C(C)[C@@H]2[C@@H](OC(C)=O)[C@]34O[C@]3(C)C(=O)O[C@H]4C=C(C)CC[C@@H](OC(C)=O)[C@@]12C. The normalized spacial score (nSPS) is 42.1. The minimum atomic E-state index is -1.31. The third-order valence-corrected chi connectivity index (χ3v) is 8.20. The Morgan fingerprint density at radius 1 is 0.971 bits per heavy atom. The Labute approximate surface area is 205 Å². The van der Waals surface area contributed by atoms with E-state index < -0.39 is 70.8 Å². The van der Waals surface area contributed by atoms with Gasteiger partial charge in [-0.05, 0) is 39.7 Å². The molecule has 9 nitrogen and oxygen atoms in total. The fourth-order valence-corrected chi connectivity index (χ4v) is 6.50. The van der Waals surface area contributed by atoms with Crippen LogP contribution in [0.2, 0.25) is 0 Å². The first kappa shape index (κ1) is 25.4. The van der Waals surface area contributed by atoms with E-state index in [-0.39, 0.29) is 0 Å². The zero-order valence-corrected chi connectivity index (χ0v) is 21.3. The van der Waals surface area contributed by atoms with Gasteiger partial charge in [-0.1, -0.05) is 24.1 Å². The van der Waals surface area contributed by atoms with Gasteiger partial charge < -0.3 is 23.7 Å². The van der Waals surface area contributed by atoms with E-state index >= 15 is 0 Å². The average Bonchev–Trinajstić information content (AvgIpc) is 3.32. The fourth-order valence-electron chi connectivity index (χ4n) is 6.50. The van der Waals surface area contributed by atoms with Gasteiger partial charge in [-0.3, -0.25) is 14.4 Å². The zero-order chi connectivity index (χ0) is 25.9. The Morgan fingerprint density at radius 2 is 1.57 bits per heavy atom. The quantitative estimate of drug-likeness (QED) is 0.255. The molecule has 0 amide bonds. The summed E-state index contributed by atoms with van der Waals surface area (Å²) >= 11 is 0. The number of carbonyl (C=O) groups excluding carboxylic acids is 4. The number of allylic oxidation sites excluding steroid dienone is 1. The number of epoxide rings is 1. The molecule has 35 heavy (non-hydrogen) atoms. The molecule has 9 heteroatoms. The van der Waals surface area contributed by atoms with Crippen LogP contribution in [0.1, 0.15) is 67.7 Å². The standard InChI is InChI=1S/C26H34O9/c1-13-8-10-18(31-15(3)27)24(6)19(32-16(4)28)11-9-14(2)21(24)22(33-17(5)29)26-20(12-13)34-23(30)25(26,7)35-26/h9,12,18-22H,8,10-11H2,1-7H3/t18-,19+,20+,21-,22-,24+,25-,26+/m1/s1. The van der Waals surface area contributed by atoms with Crippen LogP contribution >= 0.6 is 0 Å². The lowest BCUT2D eigenvalue weighted by molar-refractivity contribution is -0.197. The van der Waals surface area contributed by atoms with Gasteiger partial charge in [0.25, 0.3) is 0 Å². The van der Waals surface area contributed by atoms with Crippen LogP contribution in [0.5, 0.6) is 0 Å². The molecule has 8 atom stereocenters. The first-order valence-electron chi connectivity index (χ1n) is 12.0. The molecule has 2 fully saturated rings. The topological polar surface area (TPSA) is 118 Å². The molecule has 0 aromatic rings. The molecule has 2 aliphatic heterocycles. The molecule has 2 saturated heterocycles. The van der Waals surface area contributed by atoms with Gasteiger partial charge >= 0.3 is 23.9 Å². The van der Waals surface area contributed by atoms with Crippen LogP contribution in [-0.4, -0.2) is 59.5 Å². The average molecular weight is 491 g/mol. The largest absolute Gasteiger partial charge is 0.462 e. The predicted molar refractivity (Wildman–Crippen MR) is 122 cm³/mol. The maximum Gasteiger partial charge on any atom is 0.342 e. The van der Waals surface area contributed by atoms with E-state index in [4.69, 9.17) is 23.7 Å². The Morgan fingerprint density at radius 3 is 2.14 bits per heavy atom. The third-order valence-electron chi connectivity index (χ3n) is 8.20. The number of fused-ring (bicyclic) bond motifs is 1. The second-order valence-corrected chi connectivity index (χ2v) is 10.6. The van der Waals surface area contributed by atoms with Gasteiger partial charge in [-0.15, -0.1) is 0 Å². The lowest BCUT2D eigenvalue weighted by Crippen LogP contribution is -2.61. The zero-order valence-electron chi connectivity index (χ0n) is 21.3. The van der Waals surface area contributed by atoms with Crippen molar-refractivity contribution < 1.29 is 42.9 Å². The van der Waals surface area contributed by atoms with Crippen molar-refractivity contribution in [3.05, 3.63) is 23.3 Å². The number of rotatable bonds is 3. The van der Waals surface area contributed by atoms with E-state index in [0.29, 0.717) is 19.3 Å². The summed E-state index contributed by atoms with van der Waals surface area (Å²) in [6.07, 6.45) is 2.10. The summed E-state index contributed by atoms with van der Waals surface area (Å²) in [7, 11) is 0. The summed E-state index contributed by atoms with van der Waals surface area (Å²) in [4.78, 5) is 49.7. The number of hydrogen-bond donors (Lipinski definition) is 0. The molecule has 0 bridgehead atoms. The van der Waals surface area contributed by atoms with Gasteiger partial charge in [0.15, 0.2) is 17.3 Å². The van der Waals surface area contributed by atoms with Crippen LogP contribution in [0.3, 0.4) is 0 Å². The van der Waals surface area contributed by atoms with E-state index in [1.54, 1.807) is 6.92 Å². The van der Waals surface area contributed by atoms with Crippen LogP contribution in [0.25, 0.3) is 0 Å². The molecule has 0 saturated carbocycles. The van der Waals surface area contributed by atoms with E-state index in [2.05, 4.69) is 0 Å². The summed E-state index contributed by atoms with van der Waals surface area (Å²) in [5, 5.41) is 0. The van der Waals surface area contributed by atoms with Crippen molar-refractivity contribution in [3.63, 3.8) is 0 Å². The van der Waals surface area contributed by atoms with Crippen molar-refractivity contribution in [1.82, 2.24) is 0 Å². The Bertz CT molecular complexity index is 1030. The van der Waals surface area contributed by atoms with Crippen molar-refractivity contribution >= 4 is 23.9 Å². The minimum Gasteiger partial charge on any atom is -0.462 e. The Balaban J connectivity index is 1.98. The maximum atomic E-state index is 12.9. The van der Waals surface area contributed by atoms with E-state index in [0.717, 1.165) is 11.1 Å². The Kier molecular flexibility index (Phi) is 6.15. The molecule has 0 aromatic carbocycles. The second-order valence-electron chi connectivity index (χ2n) is 10.6. The third kappa shape index (κ3) is 3.79. The highest BCUT2D eigenvalue weighted by atomic mass is 16.7. The summed E-state index contributed by atoms with van der Waals surface area (Å²) in [5.74, 6) is -2.60. The van der Waals surface area contributed by atoms with Crippen molar-refractivity contribution in [2.75, 3.05) is 0 Å². The van der Waals surface area contributed by atoms with E-state index in [9.17, 15) is 19.2 Å². The van der Waals surface area contributed by atoms with Crippen LogP contribution in [0.4, 0.5) is 0 Å². The number of hydrogen-bond acceptors (Lipinski definition) is 9. The predicted octanol–water partition coefficient (Wildman–Crippen LogP) is 2.95. The molecule has 4 rings (SSSR count).